The van der Waals surface area contributed by atoms with E-state index in [0.29, 0.717) is 12.3 Å². The Kier molecular flexibility index (Phi) is 4.34. The van der Waals surface area contributed by atoms with Gasteiger partial charge in [-0.25, -0.2) is 4.98 Å². The minimum atomic E-state index is 0.615. The number of pyridine rings is 1. The van der Waals surface area contributed by atoms with Crippen molar-refractivity contribution in [2.75, 3.05) is 12.3 Å². The van der Waals surface area contributed by atoms with Gasteiger partial charge in [-0.1, -0.05) is 12.1 Å². The third-order valence-electron chi connectivity index (χ3n) is 3.21. The fourth-order valence-electron chi connectivity index (χ4n) is 2.19. The zero-order chi connectivity index (χ0) is 15.4. The van der Waals surface area contributed by atoms with Crippen LogP contribution in [0.15, 0.2) is 48.0 Å². The fraction of sp³-hybridized carbons (Fsp3) is 0.176. The standard InChI is InChI=1S/C17H17N3OS/c1-2-21-16-7-6-12(9-13(16)18)10-17-20-15(11-22-17)14-5-3-4-8-19-14/h3-9,11H,2,10,18H2,1H3. The molecule has 2 heterocycles. The van der Waals surface area contributed by atoms with Gasteiger partial charge in [0.2, 0.25) is 0 Å². The van der Waals surface area contributed by atoms with Crippen LogP contribution in [-0.4, -0.2) is 16.6 Å². The van der Waals surface area contributed by atoms with Crippen molar-refractivity contribution in [2.45, 2.75) is 13.3 Å². The molecule has 22 heavy (non-hydrogen) atoms. The number of nitrogens with two attached hydrogens (primary N) is 1. The normalized spacial score (nSPS) is 10.6. The minimum Gasteiger partial charge on any atom is -0.492 e. The van der Waals surface area contributed by atoms with E-state index in [1.807, 2.05) is 48.7 Å². The quantitative estimate of drug-likeness (QED) is 0.728. The summed E-state index contributed by atoms with van der Waals surface area (Å²) in [6.45, 7) is 2.56. The number of rotatable bonds is 5. The van der Waals surface area contributed by atoms with Crippen molar-refractivity contribution in [3.05, 3.63) is 58.5 Å². The van der Waals surface area contributed by atoms with E-state index in [2.05, 4.69) is 9.97 Å². The first-order valence-electron chi connectivity index (χ1n) is 7.13. The SMILES string of the molecule is CCOc1ccc(Cc2nc(-c3ccccn3)cs2)cc1N. The van der Waals surface area contributed by atoms with Crippen molar-refractivity contribution in [1.82, 2.24) is 9.97 Å². The van der Waals surface area contributed by atoms with E-state index in [9.17, 15) is 0 Å². The zero-order valence-electron chi connectivity index (χ0n) is 12.3. The van der Waals surface area contributed by atoms with Crippen molar-refractivity contribution >= 4 is 17.0 Å². The molecule has 0 saturated carbocycles. The predicted octanol–water partition coefficient (Wildman–Crippen LogP) is 3.78. The maximum atomic E-state index is 6.01. The molecular weight excluding hydrogens is 294 g/mol. The number of hydrogen-bond acceptors (Lipinski definition) is 5. The second-order valence-corrected chi connectivity index (χ2v) is 5.77. The summed E-state index contributed by atoms with van der Waals surface area (Å²) in [5, 5.41) is 3.08. The highest BCUT2D eigenvalue weighted by Gasteiger charge is 2.08. The molecule has 3 aromatic rings. The number of benzene rings is 1. The Morgan fingerprint density at radius 1 is 1.18 bits per heavy atom. The van der Waals surface area contributed by atoms with E-state index >= 15 is 0 Å². The first kappa shape index (κ1) is 14.5. The van der Waals surface area contributed by atoms with Crippen LogP contribution in [0.3, 0.4) is 0 Å². The van der Waals surface area contributed by atoms with Gasteiger partial charge in [-0.2, -0.15) is 0 Å². The number of nitrogens with zero attached hydrogens (tertiary/aromatic N) is 2. The van der Waals surface area contributed by atoms with Crippen LogP contribution in [0, 0.1) is 0 Å². The second kappa shape index (κ2) is 6.58. The monoisotopic (exact) mass is 311 g/mol. The molecule has 0 radical (unpaired) electrons. The molecule has 0 aliphatic carbocycles. The Morgan fingerprint density at radius 2 is 2.09 bits per heavy atom. The Balaban J connectivity index is 1.77. The predicted molar refractivity (Wildman–Crippen MR) is 90.2 cm³/mol. The van der Waals surface area contributed by atoms with Crippen LogP contribution < -0.4 is 10.5 Å². The van der Waals surface area contributed by atoms with Crippen LogP contribution in [0.1, 0.15) is 17.5 Å². The number of anilines is 1. The Hall–Kier alpha value is -2.40. The summed E-state index contributed by atoms with van der Waals surface area (Å²) >= 11 is 1.64. The third-order valence-corrected chi connectivity index (χ3v) is 4.06. The highest BCUT2D eigenvalue weighted by molar-refractivity contribution is 7.10. The second-order valence-electron chi connectivity index (χ2n) is 4.82. The molecular formula is C17H17N3OS. The summed E-state index contributed by atoms with van der Waals surface area (Å²) in [4.78, 5) is 8.97. The van der Waals surface area contributed by atoms with Gasteiger partial charge in [-0.05, 0) is 36.8 Å². The molecule has 2 aromatic heterocycles. The molecule has 112 valence electrons. The van der Waals surface area contributed by atoms with Crippen molar-refractivity contribution in [3.63, 3.8) is 0 Å². The number of aromatic nitrogens is 2. The molecule has 5 heteroatoms. The van der Waals surface area contributed by atoms with E-state index < -0.39 is 0 Å². The van der Waals surface area contributed by atoms with E-state index in [0.717, 1.165) is 34.1 Å². The Labute approximate surface area is 133 Å². The van der Waals surface area contributed by atoms with Crippen molar-refractivity contribution < 1.29 is 4.74 Å². The first-order chi connectivity index (χ1) is 10.8. The smallest absolute Gasteiger partial charge is 0.142 e. The molecule has 0 spiro atoms. The van der Waals surface area contributed by atoms with Crippen LogP contribution in [0.2, 0.25) is 0 Å². The molecule has 0 amide bonds. The van der Waals surface area contributed by atoms with Gasteiger partial charge in [0, 0.05) is 18.0 Å². The summed E-state index contributed by atoms with van der Waals surface area (Å²) < 4.78 is 5.46. The molecule has 0 fully saturated rings. The molecule has 0 bridgehead atoms. The van der Waals surface area contributed by atoms with Crippen LogP contribution in [0.5, 0.6) is 5.75 Å². The molecule has 3 rings (SSSR count). The summed E-state index contributed by atoms with van der Waals surface area (Å²) in [5.74, 6) is 0.736. The average molecular weight is 311 g/mol. The highest BCUT2D eigenvalue weighted by Crippen LogP contribution is 2.26. The van der Waals surface area contributed by atoms with Gasteiger partial charge in [0.25, 0.3) is 0 Å². The molecule has 0 atom stereocenters. The lowest BCUT2D eigenvalue weighted by Crippen LogP contribution is -1.98. The van der Waals surface area contributed by atoms with Crippen LogP contribution in [-0.2, 0) is 6.42 Å². The molecule has 0 aliphatic heterocycles. The van der Waals surface area contributed by atoms with Crippen LogP contribution >= 0.6 is 11.3 Å². The molecule has 4 nitrogen and oxygen atoms in total. The summed E-state index contributed by atoms with van der Waals surface area (Å²) in [6.07, 6.45) is 2.54. The lowest BCUT2D eigenvalue weighted by Gasteiger charge is -2.08. The van der Waals surface area contributed by atoms with Gasteiger partial charge in [0.15, 0.2) is 0 Å². The van der Waals surface area contributed by atoms with Crippen LogP contribution in [0.25, 0.3) is 11.4 Å². The van der Waals surface area contributed by atoms with E-state index in [-0.39, 0.29) is 0 Å². The number of nitrogen functional groups attached to an aromatic ring is 1. The fourth-order valence-corrected chi connectivity index (χ4v) is 3.02. The molecule has 0 unspecified atom stereocenters. The molecule has 2 N–H and O–H groups in total. The van der Waals surface area contributed by atoms with Gasteiger partial charge in [-0.15, -0.1) is 11.3 Å². The topological polar surface area (TPSA) is 61.0 Å². The van der Waals surface area contributed by atoms with Gasteiger partial charge >= 0.3 is 0 Å². The summed E-state index contributed by atoms with van der Waals surface area (Å²) in [5.41, 5.74) is 9.62. The Morgan fingerprint density at radius 3 is 2.82 bits per heavy atom. The van der Waals surface area contributed by atoms with E-state index in [4.69, 9.17) is 10.5 Å². The molecule has 0 saturated heterocycles. The first-order valence-corrected chi connectivity index (χ1v) is 8.01. The minimum absolute atomic E-state index is 0.615. The lowest BCUT2D eigenvalue weighted by molar-refractivity contribution is 0.342. The number of thiazole rings is 1. The van der Waals surface area contributed by atoms with Gasteiger partial charge < -0.3 is 10.5 Å². The van der Waals surface area contributed by atoms with E-state index in [1.165, 1.54) is 0 Å². The van der Waals surface area contributed by atoms with Gasteiger partial charge in [0.05, 0.1) is 28.7 Å². The van der Waals surface area contributed by atoms with Crippen molar-refractivity contribution in [3.8, 4) is 17.1 Å². The molecule has 0 aliphatic rings. The van der Waals surface area contributed by atoms with Crippen LogP contribution in [0.4, 0.5) is 5.69 Å². The summed E-state index contributed by atoms with van der Waals surface area (Å²) in [6, 6.07) is 11.7. The Bertz CT molecular complexity index is 756. The van der Waals surface area contributed by atoms with E-state index in [1.54, 1.807) is 17.5 Å². The van der Waals surface area contributed by atoms with Gasteiger partial charge in [0.1, 0.15) is 5.75 Å². The number of hydrogen-bond donors (Lipinski definition) is 1. The maximum absolute atomic E-state index is 6.01. The highest BCUT2D eigenvalue weighted by atomic mass is 32.1. The largest absolute Gasteiger partial charge is 0.492 e. The summed E-state index contributed by atoms with van der Waals surface area (Å²) in [7, 11) is 0. The molecule has 1 aromatic carbocycles. The third kappa shape index (κ3) is 3.26. The van der Waals surface area contributed by atoms with Gasteiger partial charge in [-0.3, -0.25) is 4.98 Å². The van der Waals surface area contributed by atoms with Crippen molar-refractivity contribution in [2.24, 2.45) is 0 Å². The maximum Gasteiger partial charge on any atom is 0.142 e. The average Bonchev–Trinajstić information content (AvgIpc) is 3.00. The van der Waals surface area contributed by atoms with Crippen molar-refractivity contribution in [1.29, 1.82) is 0 Å². The zero-order valence-corrected chi connectivity index (χ0v) is 13.1. The lowest BCUT2D eigenvalue weighted by atomic mass is 10.1. The number of ether oxygens (including phenoxy) is 1.